The van der Waals surface area contributed by atoms with Crippen LogP contribution in [0.3, 0.4) is 0 Å². The van der Waals surface area contributed by atoms with Gasteiger partial charge in [0.25, 0.3) is 0 Å². The molecule has 0 aliphatic carbocycles. The van der Waals surface area contributed by atoms with Gasteiger partial charge in [-0.2, -0.15) is 5.26 Å². The quantitative estimate of drug-likeness (QED) is 0.761. The van der Waals surface area contributed by atoms with E-state index in [0.29, 0.717) is 5.56 Å². The Kier molecular flexibility index (Phi) is 2.38. The van der Waals surface area contributed by atoms with Gasteiger partial charge in [-0.05, 0) is 30.3 Å². The molecule has 0 fully saturated rings. The molecule has 0 radical (unpaired) electrons. The van der Waals surface area contributed by atoms with Crippen molar-refractivity contribution >= 4 is 15.9 Å². The molecule has 0 amide bonds. The van der Waals surface area contributed by atoms with Gasteiger partial charge in [-0.15, -0.1) is 0 Å². The lowest BCUT2D eigenvalue weighted by molar-refractivity contribution is 1.07. The van der Waals surface area contributed by atoms with E-state index in [0.717, 1.165) is 10.2 Å². The van der Waals surface area contributed by atoms with Crippen LogP contribution in [0.25, 0.3) is 5.69 Å². The first kappa shape index (κ1) is 9.04. The normalized spacial score (nSPS) is 9.71. The largest absolute Gasteiger partial charge is 0.323 e. The van der Waals surface area contributed by atoms with Gasteiger partial charge in [-0.1, -0.05) is 15.9 Å². The van der Waals surface area contributed by atoms with Gasteiger partial charge in [0.1, 0.15) is 6.07 Å². The Labute approximate surface area is 90.5 Å². The second kappa shape index (κ2) is 3.69. The van der Waals surface area contributed by atoms with Crippen molar-refractivity contribution in [3.8, 4) is 11.8 Å². The van der Waals surface area contributed by atoms with Crippen molar-refractivity contribution in [2.24, 2.45) is 0 Å². The summed E-state index contributed by atoms with van der Waals surface area (Å²) in [4.78, 5) is 0. The van der Waals surface area contributed by atoms with E-state index in [-0.39, 0.29) is 0 Å². The summed E-state index contributed by atoms with van der Waals surface area (Å²) in [7, 11) is 0. The molecule has 0 bridgehead atoms. The van der Waals surface area contributed by atoms with Gasteiger partial charge >= 0.3 is 0 Å². The van der Waals surface area contributed by atoms with E-state index in [9.17, 15) is 0 Å². The Morgan fingerprint density at radius 1 is 1.21 bits per heavy atom. The molecule has 1 heterocycles. The maximum Gasteiger partial charge on any atom is 0.101 e. The Morgan fingerprint density at radius 3 is 2.57 bits per heavy atom. The summed E-state index contributed by atoms with van der Waals surface area (Å²) < 4.78 is 2.84. The van der Waals surface area contributed by atoms with Crippen LogP contribution in [0.5, 0.6) is 0 Å². The third-order valence-electron chi connectivity index (χ3n) is 1.96. The summed E-state index contributed by atoms with van der Waals surface area (Å²) in [5, 5.41) is 8.96. The van der Waals surface area contributed by atoms with Gasteiger partial charge in [-0.3, -0.25) is 0 Å². The molecule has 0 spiro atoms. The molecule has 0 aliphatic rings. The second-order valence-electron chi connectivity index (χ2n) is 2.86. The lowest BCUT2D eigenvalue weighted by Gasteiger charge is -2.05. The SMILES string of the molecule is N#Cc1cc(Br)ccc1-n1cccc1. The minimum Gasteiger partial charge on any atom is -0.323 e. The topological polar surface area (TPSA) is 28.7 Å². The summed E-state index contributed by atoms with van der Waals surface area (Å²) in [6.45, 7) is 0. The van der Waals surface area contributed by atoms with Crippen LogP contribution < -0.4 is 0 Å². The highest BCUT2D eigenvalue weighted by molar-refractivity contribution is 9.10. The van der Waals surface area contributed by atoms with Crippen molar-refractivity contribution in [1.29, 1.82) is 5.26 Å². The van der Waals surface area contributed by atoms with Crippen molar-refractivity contribution in [2.45, 2.75) is 0 Å². The van der Waals surface area contributed by atoms with Crippen molar-refractivity contribution in [3.63, 3.8) is 0 Å². The number of nitrogens with zero attached hydrogens (tertiary/aromatic N) is 2. The lowest BCUT2D eigenvalue weighted by Crippen LogP contribution is -1.93. The fraction of sp³-hybridized carbons (Fsp3) is 0. The van der Waals surface area contributed by atoms with Crippen LogP contribution in [0.2, 0.25) is 0 Å². The zero-order chi connectivity index (χ0) is 9.97. The van der Waals surface area contributed by atoms with E-state index in [1.54, 1.807) is 0 Å². The van der Waals surface area contributed by atoms with Gasteiger partial charge in [0.05, 0.1) is 11.3 Å². The first-order valence-corrected chi connectivity index (χ1v) is 4.93. The maximum absolute atomic E-state index is 8.96. The Morgan fingerprint density at radius 2 is 1.93 bits per heavy atom. The Balaban J connectivity index is 2.60. The Hall–Kier alpha value is -1.53. The fourth-order valence-electron chi connectivity index (χ4n) is 1.32. The van der Waals surface area contributed by atoms with Gasteiger partial charge in [0, 0.05) is 16.9 Å². The molecule has 0 unspecified atom stereocenters. The zero-order valence-corrected chi connectivity index (χ0v) is 8.90. The van der Waals surface area contributed by atoms with E-state index in [4.69, 9.17) is 5.26 Å². The molecule has 0 saturated heterocycles. The number of aromatic nitrogens is 1. The van der Waals surface area contributed by atoms with Crippen LogP contribution in [-0.2, 0) is 0 Å². The van der Waals surface area contributed by atoms with Gasteiger partial charge in [0.2, 0.25) is 0 Å². The minimum atomic E-state index is 0.663. The van der Waals surface area contributed by atoms with Crippen LogP contribution in [-0.4, -0.2) is 4.57 Å². The summed E-state index contributed by atoms with van der Waals surface area (Å²) in [5.41, 5.74) is 1.57. The molecule has 2 nitrogen and oxygen atoms in total. The molecule has 1 aromatic carbocycles. The third-order valence-corrected chi connectivity index (χ3v) is 2.45. The number of hydrogen-bond acceptors (Lipinski definition) is 1. The lowest BCUT2D eigenvalue weighted by atomic mass is 10.2. The average Bonchev–Trinajstić information content (AvgIpc) is 2.70. The smallest absolute Gasteiger partial charge is 0.101 e. The maximum atomic E-state index is 8.96. The minimum absolute atomic E-state index is 0.663. The molecule has 0 atom stereocenters. The highest BCUT2D eigenvalue weighted by atomic mass is 79.9. The molecule has 3 heteroatoms. The van der Waals surface area contributed by atoms with Crippen molar-refractivity contribution in [2.75, 3.05) is 0 Å². The highest BCUT2D eigenvalue weighted by Crippen LogP contribution is 2.19. The third kappa shape index (κ3) is 1.57. The average molecular weight is 247 g/mol. The van der Waals surface area contributed by atoms with Crippen molar-refractivity contribution < 1.29 is 0 Å². The predicted molar refractivity (Wildman–Crippen MR) is 58.2 cm³/mol. The van der Waals surface area contributed by atoms with Crippen LogP contribution >= 0.6 is 15.9 Å². The predicted octanol–water partition coefficient (Wildman–Crippen LogP) is 3.11. The molecule has 0 N–H and O–H groups in total. The number of hydrogen-bond donors (Lipinski definition) is 0. The standard InChI is InChI=1S/C11H7BrN2/c12-10-3-4-11(9(7-10)8-13)14-5-1-2-6-14/h1-7H. The van der Waals surface area contributed by atoms with Crippen LogP contribution in [0.4, 0.5) is 0 Å². The van der Waals surface area contributed by atoms with Gasteiger partial charge in [0.15, 0.2) is 0 Å². The molecular weight excluding hydrogens is 240 g/mol. The number of nitriles is 1. The van der Waals surface area contributed by atoms with E-state index >= 15 is 0 Å². The fourth-order valence-corrected chi connectivity index (χ4v) is 1.68. The van der Waals surface area contributed by atoms with E-state index in [2.05, 4.69) is 22.0 Å². The summed E-state index contributed by atoms with van der Waals surface area (Å²) in [6.07, 6.45) is 3.84. The Bertz CT molecular complexity index is 480. The molecule has 68 valence electrons. The number of rotatable bonds is 1. The second-order valence-corrected chi connectivity index (χ2v) is 3.78. The van der Waals surface area contributed by atoms with E-state index in [1.165, 1.54) is 0 Å². The molecule has 2 rings (SSSR count). The van der Waals surface area contributed by atoms with Gasteiger partial charge in [-0.25, -0.2) is 0 Å². The molecule has 14 heavy (non-hydrogen) atoms. The van der Waals surface area contributed by atoms with E-state index in [1.807, 2.05) is 47.3 Å². The summed E-state index contributed by atoms with van der Waals surface area (Å²) in [5.74, 6) is 0. The summed E-state index contributed by atoms with van der Waals surface area (Å²) in [6, 6.07) is 11.7. The number of halogens is 1. The molecule has 0 aliphatic heterocycles. The first-order chi connectivity index (χ1) is 6.81. The van der Waals surface area contributed by atoms with Crippen LogP contribution in [0, 0.1) is 11.3 Å². The molecular formula is C11H7BrN2. The van der Waals surface area contributed by atoms with Crippen molar-refractivity contribution in [1.82, 2.24) is 4.57 Å². The van der Waals surface area contributed by atoms with Gasteiger partial charge < -0.3 is 4.57 Å². The van der Waals surface area contributed by atoms with E-state index < -0.39 is 0 Å². The molecule has 2 aromatic rings. The summed E-state index contributed by atoms with van der Waals surface area (Å²) >= 11 is 3.34. The number of benzene rings is 1. The van der Waals surface area contributed by atoms with Crippen molar-refractivity contribution in [3.05, 3.63) is 52.8 Å². The molecule has 0 saturated carbocycles. The van der Waals surface area contributed by atoms with Crippen LogP contribution in [0.15, 0.2) is 47.2 Å². The highest BCUT2D eigenvalue weighted by Gasteiger charge is 2.03. The molecule has 1 aromatic heterocycles. The first-order valence-electron chi connectivity index (χ1n) is 4.14. The zero-order valence-electron chi connectivity index (χ0n) is 7.31. The monoisotopic (exact) mass is 246 g/mol. The van der Waals surface area contributed by atoms with Crippen LogP contribution in [0.1, 0.15) is 5.56 Å².